The van der Waals surface area contributed by atoms with Gasteiger partial charge >= 0.3 is 0 Å². The van der Waals surface area contributed by atoms with E-state index in [9.17, 15) is 4.79 Å². The lowest BCUT2D eigenvalue weighted by Gasteiger charge is -2.18. The van der Waals surface area contributed by atoms with Crippen LogP contribution >= 0.6 is 0 Å². The van der Waals surface area contributed by atoms with Crippen LogP contribution in [0.4, 0.5) is 0 Å². The van der Waals surface area contributed by atoms with Crippen LogP contribution in [0.1, 0.15) is 29.8 Å². The van der Waals surface area contributed by atoms with Crippen LogP contribution in [0.15, 0.2) is 12.5 Å². The summed E-state index contributed by atoms with van der Waals surface area (Å²) in [6, 6.07) is 0.995. The molecule has 1 aromatic rings. The highest BCUT2D eigenvalue weighted by Gasteiger charge is 2.43. The van der Waals surface area contributed by atoms with Crippen molar-refractivity contribution in [3.63, 3.8) is 0 Å². The summed E-state index contributed by atoms with van der Waals surface area (Å²) in [5.74, 6) is 0.439. The van der Waals surface area contributed by atoms with Gasteiger partial charge in [0.1, 0.15) is 5.69 Å². The van der Waals surface area contributed by atoms with Crippen LogP contribution in [0.5, 0.6) is 0 Å². The second-order valence-corrected chi connectivity index (χ2v) is 4.64. The Balaban J connectivity index is 1.84. The van der Waals surface area contributed by atoms with Crippen molar-refractivity contribution in [2.45, 2.75) is 31.3 Å². The summed E-state index contributed by atoms with van der Waals surface area (Å²) >= 11 is 0. The highest BCUT2D eigenvalue weighted by atomic mass is 16.1. The van der Waals surface area contributed by atoms with E-state index in [1.807, 2.05) is 11.6 Å². The zero-order valence-electron chi connectivity index (χ0n) is 8.81. The molecule has 0 spiro atoms. The summed E-state index contributed by atoms with van der Waals surface area (Å²) < 4.78 is 1.81. The first-order chi connectivity index (χ1) is 7.25. The van der Waals surface area contributed by atoms with Crippen LogP contribution in [0, 0.1) is 5.92 Å². The van der Waals surface area contributed by atoms with Crippen molar-refractivity contribution in [2.75, 3.05) is 0 Å². The minimum Gasteiger partial charge on any atom is -0.331 e. The van der Waals surface area contributed by atoms with E-state index in [1.54, 1.807) is 12.5 Å². The molecule has 0 aliphatic carbocycles. The summed E-state index contributed by atoms with van der Waals surface area (Å²) in [7, 11) is 1.88. The molecule has 3 atom stereocenters. The Morgan fingerprint density at radius 2 is 2.47 bits per heavy atom. The van der Waals surface area contributed by atoms with Gasteiger partial charge in [-0.1, -0.05) is 0 Å². The molecule has 3 unspecified atom stereocenters. The lowest BCUT2D eigenvalue weighted by molar-refractivity contribution is 0.0892. The molecule has 0 saturated carbocycles. The topological polar surface area (TPSA) is 46.9 Å². The zero-order valence-corrected chi connectivity index (χ0v) is 8.81. The van der Waals surface area contributed by atoms with Crippen molar-refractivity contribution in [2.24, 2.45) is 13.0 Å². The molecule has 2 saturated heterocycles. The Bertz CT molecular complexity index is 398. The van der Waals surface area contributed by atoms with Gasteiger partial charge in [-0.25, -0.2) is 4.98 Å². The molecule has 3 heterocycles. The highest BCUT2D eigenvalue weighted by molar-refractivity contribution is 5.97. The molecular formula is C11H15N3O. The number of Topliss-reactive ketones (excluding diaryl/α,β-unsaturated/α-hetero) is 1. The molecule has 2 aliphatic heterocycles. The maximum atomic E-state index is 12.2. The van der Waals surface area contributed by atoms with E-state index < -0.39 is 0 Å². The van der Waals surface area contributed by atoms with Crippen molar-refractivity contribution >= 4 is 5.78 Å². The van der Waals surface area contributed by atoms with Crippen LogP contribution in [-0.4, -0.2) is 27.4 Å². The number of imidazole rings is 1. The van der Waals surface area contributed by atoms with Gasteiger partial charge in [0.2, 0.25) is 0 Å². The van der Waals surface area contributed by atoms with Gasteiger partial charge in [0, 0.05) is 25.0 Å². The number of aromatic nitrogens is 2. The zero-order chi connectivity index (χ0) is 10.4. The molecule has 4 nitrogen and oxygen atoms in total. The molecular weight excluding hydrogens is 190 g/mol. The number of carbonyl (C=O) groups is 1. The minimum absolute atomic E-state index is 0.180. The molecule has 3 rings (SSSR count). The Morgan fingerprint density at radius 1 is 1.60 bits per heavy atom. The molecule has 2 aliphatic rings. The van der Waals surface area contributed by atoms with Gasteiger partial charge in [-0.3, -0.25) is 4.79 Å². The lowest BCUT2D eigenvalue weighted by atomic mass is 9.85. The predicted octanol–water partition coefficient (Wildman–Crippen LogP) is 0.743. The Kier molecular flexibility index (Phi) is 1.92. The summed E-state index contributed by atoms with van der Waals surface area (Å²) in [4.78, 5) is 16.2. The van der Waals surface area contributed by atoms with Crippen LogP contribution < -0.4 is 5.32 Å². The average Bonchev–Trinajstić information content (AvgIpc) is 2.91. The van der Waals surface area contributed by atoms with Crippen molar-refractivity contribution < 1.29 is 4.79 Å². The first kappa shape index (κ1) is 9.09. The van der Waals surface area contributed by atoms with Crippen LogP contribution in [0.25, 0.3) is 0 Å². The third-order valence-electron chi connectivity index (χ3n) is 3.71. The fourth-order valence-electron chi connectivity index (χ4n) is 2.90. The SMILES string of the molecule is Cn1cncc1C(=O)C1CC2CCC1N2. The Labute approximate surface area is 88.7 Å². The second-order valence-electron chi connectivity index (χ2n) is 4.64. The number of hydrogen-bond acceptors (Lipinski definition) is 3. The molecule has 2 fully saturated rings. The number of hydrogen-bond donors (Lipinski definition) is 1. The maximum Gasteiger partial charge on any atom is 0.185 e. The smallest absolute Gasteiger partial charge is 0.185 e. The van der Waals surface area contributed by atoms with E-state index in [2.05, 4.69) is 10.3 Å². The monoisotopic (exact) mass is 205 g/mol. The second kappa shape index (κ2) is 3.17. The van der Waals surface area contributed by atoms with Gasteiger partial charge in [-0.05, 0) is 19.3 Å². The van der Waals surface area contributed by atoms with E-state index in [0.29, 0.717) is 12.1 Å². The van der Waals surface area contributed by atoms with E-state index in [1.165, 1.54) is 6.42 Å². The van der Waals surface area contributed by atoms with Gasteiger partial charge in [0.25, 0.3) is 0 Å². The van der Waals surface area contributed by atoms with Crippen molar-refractivity contribution in [3.05, 3.63) is 18.2 Å². The van der Waals surface area contributed by atoms with Gasteiger partial charge in [0.15, 0.2) is 5.78 Å². The number of carbonyl (C=O) groups excluding carboxylic acids is 1. The average molecular weight is 205 g/mol. The summed E-state index contributed by atoms with van der Waals surface area (Å²) in [5.41, 5.74) is 0.745. The number of rotatable bonds is 2. The van der Waals surface area contributed by atoms with Crippen molar-refractivity contribution in [1.82, 2.24) is 14.9 Å². The molecule has 15 heavy (non-hydrogen) atoms. The van der Waals surface area contributed by atoms with E-state index in [4.69, 9.17) is 0 Å². The van der Waals surface area contributed by atoms with Crippen LogP contribution in [0.3, 0.4) is 0 Å². The van der Waals surface area contributed by atoms with E-state index in [-0.39, 0.29) is 11.7 Å². The summed E-state index contributed by atoms with van der Waals surface area (Å²) in [6.07, 6.45) is 6.76. The van der Waals surface area contributed by atoms with Crippen LogP contribution in [-0.2, 0) is 7.05 Å². The summed E-state index contributed by atoms with van der Waals surface area (Å²) in [6.45, 7) is 0. The van der Waals surface area contributed by atoms with Gasteiger partial charge in [-0.2, -0.15) is 0 Å². The molecule has 1 N–H and O–H groups in total. The number of ketones is 1. The predicted molar refractivity (Wildman–Crippen MR) is 55.6 cm³/mol. The molecule has 0 amide bonds. The van der Waals surface area contributed by atoms with Gasteiger partial charge in [-0.15, -0.1) is 0 Å². The maximum absolute atomic E-state index is 12.2. The largest absolute Gasteiger partial charge is 0.331 e. The van der Waals surface area contributed by atoms with Gasteiger partial charge in [0.05, 0.1) is 12.5 Å². The van der Waals surface area contributed by atoms with E-state index in [0.717, 1.165) is 18.5 Å². The number of nitrogens with one attached hydrogen (secondary N) is 1. The third-order valence-corrected chi connectivity index (χ3v) is 3.71. The fourth-order valence-corrected chi connectivity index (χ4v) is 2.90. The summed E-state index contributed by atoms with van der Waals surface area (Å²) in [5, 5.41) is 3.49. The molecule has 0 radical (unpaired) electrons. The van der Waals surface area contributed by atoms with Gasteiger partial charge < -0.3 is 9.88 Å². The highest BCUT2D eigenvalue weighted by Crippen LogP contribution is 2.34. The minimum atomic E-state index is 0.180. The third kappa shape index (κ3) is 1.32. The molecule has 1 aromatic heterocycles. The first-order valence-corrected chi connectivity index (χ1v) is 5.52. The van der Waals surface area contributed by atoms with Crippen LogP contribution in [0.2, 0.25) is 0 Å². The fraction of sp³-hybridized carbons (Fsp3) is 0.636. The molecule has 2 bridgehead atoms. The molecule has 80 valence electrons. The molecule has 4 heteroatoms. The molecule has 0 aromatic carbocycles. The standard InChI is InChI=1S/C11H15N3O/c1-14-6-12-5-10(14)11(15)8-4-7-2-3-9(8)13-7/h5-9,13H,2-4H2,1H3. The number of nitrogens with zero attached hydrogens (tertiary/aromatic N) is 2. The Hall–Kier alpha value is -1.16. The lowest BCUT2D eigenvalue weighted by Crippen LogP contribution is -2.29. The normalized spacial score (nSPS) is 33.5. The van der Waals surface area contributed by atoms with Crippen molar-refractivity contribution in [1.29, 1.82) is 0 Å². The number of aryl methyl sites for hydroxylation is 1. The number of fused-ring (bicyclic) bond motifs is 2. The first-order valence-electron chi connectivity index (χ1n) is 5.52. The van der Waals surface area contributed by atoms with Crippen molar-refractivity contribution in [3.8, 4) is 0 Å². The Morgan fingerprint density at radius 3 is 3.00 bits per heavy atom. The van der Waals surface area contributed by atoms with E-state index >= 15 is 0 Å². The quantitative estimate of drug-likeness (QED) is 0.724.